The van der Waals surface area contributed by atoms with Gasteiger partial charge in [-0.1, -0.05) is 42.8 Å². The maximum Gasteiger partial charge on any atom is 0.431 e. The Morgan fingerprint density at radius 2 is 2.07 bits per heavy atom. The Labute approximate surface area is 177 Å². The van der Waals surface area contributed by atoms with Crippen LogP contribution in [0.15, 0.2) is 41.0 Å². The minimum atomic E-state index is -4.64. The molecule has 2 aromatic rings. The summed E-state index contributed by atoms with van der Waals surface area (Å²) in [5.74, 6) is -0.0979. The lowest BCUT2D eigenvalue weighted by Crippen LogP contribution is -2.30. The van der Waals surface area contributed by atoms with Gasteiger partial charge in [-0.3, -0.25) is 4.99 Å². The number of fused-ring (bicyclic) bond motifs is 1. The second-order valence-corrected chi connectivity index (χ2v) is 8.89. The lowest BCUT2D eigenvalue weighted by molar-refractivity contribution is -0.0918. The molecule has 0 aliphatic carbocycles. The van der Waals surface area contributed by atoms with Gasteiger partial charge in [0.1, 0.15) is 5.70 Å². The van der Waals surface area contributed by atoms with Crippen LogP contribution >= 0.6 is 22.9 Å². The maximum atomic E-state index is 13.5. The number of likely N-dealkylation sites (N-methyl/N-ethyl adjacent to an activating group) is 1. The molecule has 2 heterocycles. The van der Waals surface area contributed by atoms with Gasteiger partial charge in [0.15, 0.2) is 0 Å². The molecule has 0 fully saturated rings. The molecule has 0 amide bonds. The van der Waals surface area contributed by atoms with Crippen molar-refractivity contribution >= 4 is 34.7 Å². The lowest BCUT2D eigenvalue weighted by Gasteiger charge is -2.31. The van der Waals surface area contributed by atoms with E-state index in [1.165, 1.54) is 17.6 Å². The second kappa shape index (κ2) is 8.90. The molecule has 1 unspecified atom stereocenters. The van der Waals surface area contributed by atoms with Crippen LogP contribution in [0.5, 0.6) is 0 Å². The van der Waals surface area contributed by atoms with E-state index >= 15 is 0 Å². The number of hydrogen-bond acceptors (Lipinski definition) is 4. The SMILES string of the molecule is CCCN=C/C(=C(\N)C(F)(F)F)c1ccccc1C1CN(C)Cc2sc(Cl)cc21. The molecule has 0 bridgehead atoms. The Kier molecular flexibility index (Phi) is 6.71. The lowest BCUT2D eigenvalue weighted by atomic mass is 9.83. The molecule has 1 aromatic heterocycles. The molecule has 1 aliphatic heterocycles. The monoisotopic (exact) mass is 441 g/mol. The average Bonchev–Trinajstić information content (AvgIpc) is 3.03. The van der Waals surface area contributed by atoms with Crippen molar-refractivity contribution in [3.8, 4) is 0 Å². The third-order valence-corrected chi connectivity index (χ3v) is 6.15. The first-order chi connectivity index (χ1) is 13.7. The summed E-state index contributed by atoms with van der Waals surface area (Å²) in [5.41, 5.74) is 6.67. The van der Waals surface area contributed by atoms with Gasteiger partial charge < -0.3 is 10.6 Å². The van der Waals surface area contributed by atoms with E-state index in [4.69, 9.17) is 17.3 Å². The third-order valence-electron chi connectivity index (χ3n) is 4.89. The van der Waals surface area contributed by atoms with Crippen LogP contribution in [-0.2, 0) is 6.54 Å². The van der Waals surface area contributed by atoms with Crippen molar-refractivity contribution in [3.05, 3.63) is 61.9 Å². The first-order valence-electron chi connectivity index (χ1n) is 9.35. The number of benzene rings is 1. The molecule has 0 saturated heterocycles. The number of thiophene rings is 1. The van der Waals surface area contributed by atoms with E-state index in [0.29, 0.717) is 23.0 Å². The van der Waals surface area contributed by atoms with Crippen molar-refractivity contribution in [2.24, 2.45) is 10.7 Å². The standard InChI is InChI=1S/C21H23ClF3N3S/c1-3-8-27-10-16(20(26)21(23,24)25)13-6-4-5-7-14(13)17-11-28(2)12-18-15(17)9-19(22)29-18/h4-7,9-10,17H,3,8,11-12,26H2,1-2H3/b20-16+,27-10?. The first kappa shape index (κ1) is 21.9. The minimum Gasteiger partial charge on any atom is -0.394 e. The summed E-state index contributed by atoms with van der Waals surface area (Å²) in [6.45, 7) is 3.81. The Morgan fingerprint density at radius 1 is 1.34 bits per heavy atom. The van der Waals surface area contributed by atoms with Gasteiger partial charge in [0, 0.05) is 42.2 Å². The largest absolute Gasteiger partial charge is 0.431 e. The van der Waals surface area contributed by atoms with Crippen LogP contribution in [0.4, 0.5) is 13.2 Å². The fourth-order valence-electron chi connectivity index (χ4n) is 3.58. The highest BCUT2D eigenvalue weighted by molar-refractivity contribution is 7.16. The molecule has 3 nitrogen and oxygen atoms in total. The molecule has 1 aliphatic rings. The zero-order valence-corrected chi connectivity index (χ0v) is 17.8. The highest BCUT2D eigenvalue weighted by Crippen LogP contribution is 2.42. The number of allylic oxidation sites excluding steroid dienone is 2. The van der Waals surface area contributed by atoms with Crippen molar-refractivity contribution in [1.82, 2.24) is 4.90 Å². The summed E-state index contributed by atoms with van der Waals surface area (Å²) in [6, 6.07) is 9.04. The van der Waals surface area contributed by atoms with E-state index in [-0.39, 0.29) is 11.5 Å². The van der Waals surface area contributed by atoms with Crippen molar-refractivity contribution in [3.63, 3.8) is 0 Å². The molecular formula is C21H23ClF3N3S. The van der Waals surface area contributed by atoms with Crippen LogP contribution in [0, 0.1) is 0 Å². The van der Waals surface area contributed by atoms with E-state index in [9.17, 15) is 13.2 Å². The molecule has 1 aromatic carbocycles. The van der Waals surface area contributed by atoms with Crippen LogP contribution in [-0.4, -0.2) is 37.4 Å². The number of rotatable bonds is 5. The van der Waals surface area contributed by atoms with Crippen LogP contribution in [0.25, 0.3) is 5.57 Å². The average molecular weight is 442 g/mol. The predicted molar refractivity (Wildman–Crippen MR) is 115 cm³/mol. The smallest absolute Gasteiger partial charge is 0.394 e. The molecule has 1 atom stereocenters. The number of aliphatic imine (C=N–C) groups is 1. The molecule has 156 valence electrons. The van der Waals surface area contributed by atoms with E-state index in [0.717, 1.165) is 29.0 Å². The highest BCUT2D eigenvalue weighted by Gasteiger charge is 2.36. The van der Waals surface area contributed by atoms with E-state index in [2.05, 4.69) is 9.89 Å². The van der Waals surface area contributed by atoms with Gasteiger partial charge in [-0.2, -0.15) is 13.2 Å². The van der Waals surface area contributed by atoms with Crippen molar-refractivity contribution in [1.29, 1.82) is 0 Å². The zero-order chi connectivity index (χ0) is 21.2. The maximum absolute atomic E-state index is 13.5. The van der Waals surface area contributed by atoms with Gasteiger partial charge in [-0.15, -0.1) is 11.3 Å². The Bertz CT molecular complexity index is 933. The van der Waals surface area contributed by atoms with E-state index in [1.807, 2.05) is 32.2 Å². The van der Waals surface area contributed by atoms with Crippen LogP contribution in [0.2, 0.25) is 4.34 Å². The van der Waals surface area contributed by atoms with Crippen LogP contribution in [0.1, 0.15) is 40.8 Å². The molecule has 2 N–H and O–H groups in total. The third kappa shape index (κ3) is 4.85. The van der Waals surface area contributed by atoms with Crippen molar-refractivity contribution < 1.29 is 13.2 Å². The number of nitrogens with two attached hydrogens (primary N) is 1. The normalized spacial score (nSPS) is 18.8. The topological polar surface area (TPSA) is 41.6 Å². The van der Waals surface area contributed by atoms with Crippen molar-refractivity contribution in [2.45, 2.75) is 32.0 Å². The molecule has 3 rings (SSSR count). The highest BCUT2D eigenvalue weighted by atomic mass is 35.5. The summed E-state index contributed by atoms with van der Waals surface area (Å²) in [5, 5.41) is 0. The predicted octanol–water partition coefficient (Wildman–Crippen LogP) is 5.69. The molecule has 0 radical (unpaired) electrons. The number of alkyl halides is 3. The zero-order valence-electron chi connectivity index (χ0n) is 16.3. The second-order valence-electron chi connectivity index (χ2n) is 7.13. The van der Waals surface area contributed by atoms with Crippen molar-refractivity contribution in [2.75, 3.05) is 20.1 Å². The number of nitrogens with zero attached hydrogens (tertiary/aromatic N) is 2. The van der Waals surface area contributed by atoms with Gasteiger partial charge in [-0.05, 0) is 36.2 Å². The minimum absolute atomic E-state index is 0.0855. The van der Waals surface area contributed by atoms with Gasteiger partial charge in [-0.25, -0.2) is 0 Å². The number of hydrogen-bond donors (Lipinski definition) is 1. The summed E-state index contributed by atoms with van der Waals surface area (Å²) >= 11 is 7.76. The summed E-state index contributed by atoms with van der Waals surface area (Å²) in [7, 11) is 2.00. The van der Waals surface area contributed by atoms with Crippen LogP contribution in [0.3, 0.4) is 0 Å². The number of halogens is 4. The van der Waals surface area contributed by atoms with Gasteiger partial charge in [0.2, 0.25) is 0 Å². The van der Waals surface area contributed by atoms with Gasteiger partial charge in [0.25, 0.3) is 0 Å². The Morgan fingerprint density at radius 3 is 2.76 bits per heavy atom. The molecule has 0 spiro atoms. The van der Waals surface area contributed by atoms with E-state index < -0.39 is 11.9 Å². The summed E-state index contributed by atoms with van der Waals surface area (Å²) in [6.07, 6.45) is -2.64. The summed E-state index contributed by atoms with van der Waals surface area (Å²) < 4.78 is 41.2. The Balaban J connectivity index is 2.17. The molecule has 0 saturated carbocycles. The fraction of sp³-hybridized carbons (Fsp3) is 0.381. The summed E-state index contributed by atoms with van der Waals surface area (Å²) in [4.78, 5) is 7.45. The molecule has 8 heteroatoms. The fourth-order valence-corrected chi connectivity index (χ4v) is 5.00. The van der Waals surface area contributed by atoms with Gasteiger partial charge >= 0.3 is 6.18 Å². The van der Waals surface area contributed by atoms with E-state index in [1.54, 1.807) is 12.1 Å². The first-order valence-corrected chi connectivity index (χ1v) is 10.5. The van der Waals surface area contributed by atoms with Gasteiger partial charge in [0.05, 0.1) is 4.34 Å². The van der Waals surface area contributed by atoms with Crippen LogP contribution < -0.4 is 5.73 Å². The quantitative estimate of drug-likeness (QED) is 0.605. The Hall–Kier alpha value is -1.83. The molecular weight excluding hydrogens is 419 g/mol. The molecule has 29 heavy (non-hydrogen) atoms.